The van der Waals surface area contributed by atoms with E-state index in [-0.39, 0.29) is 17.3 Å². The Bertz CT molecular complexity index is 890. The molecule has 2 fully saturated rings. The molecule has 0 radical (unpaired) electrons. The van der Waals surface area contributed by atoms with Crippen LogP contribution in [0.5, 0.6) is 5.75 Å². The highest BCUT2D eigenvalue weighted by molar-refractivity contribution is 5.79. The fourth-order valence-electron chi connectivity index (χ4n) is 5.02. The van der Waals surface area contributed by atoms with Crippen LogP contribution in [0.15, 0.2) is 12.1 Å². The zero-order chi connectivity index (χ0) is 20.8. The van der Waals surface area contributed by atoms with Gasteiger partial charge in [0.1, 0.15) is 17.1 Å². The van der Waals surface area contributed by atoms with Crippen molar-refractivity contribution >= 4 is 16.9 Å². The van der Waals surface area contributed by atoms with Crippen LogP contribution in [0, 0.1) is 11.7 Å². The Morgan fingerprint density at radius 1 is 1.31 bits per heavy atom. The van der Waals surface area contributed by atoms with Gasteiger partial charge >= 0.3 is 0 Å². The van der Waals surface area contributed by atoms with Gasteiger partial charge in [0, 0.05) is 36.2 Å². The zero-order valence-corrected chi connectivity index (χ0v) is 17.7. The molecule has 4 rings (SSSR count). The van der Waals surface area contributed by atoms with Gasteiger partial charge in [0.25, 0.3) is 0 Å². The van der Waals surface area contributed by atoms with E-state index in [1.54, 1.807) is 6.07 Å². The first kappa shape index (κ1) is 20.1. The van der Waals surface area contributed by atoms with Crippen molar-refractivity contribution in [2.75, 3.05) is 13.7 Å². The Kier molecular flexibility index (Phi) is 5.27. The highest BCUT2D eigenvalue weighted by atomic mass is 19.1. The first-order valence-electron chi connectivity index (χ1n) is 10.5. The number of hydrogen-bond donors (Lipinski definition) is 2. The van der Waals surface area contributed by atoms with Crippen LogP contribution in [0.4, 0.5) is 4.39 Å². The van der Waals surface area contributed by atoms with Gasteiger partial charge < -0.3 is 15.0 Å². The summed E-state index contributed by atoms with van der Waals surface area (Å²) >= 11 is 0. The number of nitrogens with zero attached hydrogens (tertiary/aromatic N) is 2. The number of ether oxygens (including phenoxy) is 1. The monoisotopic (exact) mass is 402 g/mol. The number of nitrogens with one attached hydrogen (secondary N) is 2. The van der Waals surface area contributed by atoms with Gasteiger partial charge in [0.2, 0.25) is 5.91 Å². The number of H-pyrrole nitrogens is 1. The molecule has 0 aliphatic carbocycles. The minimum Gasteiger partial charge on any atom is -0.497 e. The Hall–Kier alpha value is -2.15. The summed E-state index contributed by atoms with van der Waals surface area (Å²) in [6, 6.07) is 4.06. The van der Waals surface area contributed by atoms with Crippen LogP contribution in [0.3, 0.4) is 0 Å². The Morgan fingerprint density at radius 2 is 2.00 bits per heavy atom. The number of fused-ring (bicyclic) bond motifs is 3. The first-order chi connectivity index (χ1) is 13.7. The fourth-order valence-corrected chi connectivity index (χ4v) is 5.02. The third-order valence-corrected chi connectivity index (χ3v) is 6.10. The first-order valence-corrected chi connectivity index (χ1v) is 10.5. The molecule has 1 amide bonds. The number of rotatable bonds is 5. The van der Waals surface area contributed by atoms with Crippen molar-refractivity contribution in [2.45, 2.75) is 70.5 Å². The summed E-state index contributed by atoms with van der Waals surface area (Å²) in [4.78, 5) is 22.5. The van der Waals surface area contributed by atoms with E-state index in [0.717, 1.165) is 37.9 Å². The van der Waals surface area contributed by atoms with Crippen molar-refractivity contribution in [1.29, 1.82) is 0 Å². The molecule has 2 saturated heterocycles. The quantitative estimate of drug-likeness (QED) is 0.804. The molecule has 2 N–H and O–H groups in total. The molecule has 1 aromatic carbocycles. The summed E-state index contributed by atoms with van der Waals surface area (Å²) in [6.07, 6.45) is 5.22. The number of aromatic amines is 1. The molecule has 158 valence electrons. The molecule has 29 heavy (non-hydrogen) atoms. The number of piperidine rings is 1. The molecule has 2 aliphatic heterocycles. The molecule has 0 saturated carbocycles. The van der Waals surface area contributed by atoms with Gasteiger partial charge in [-0.15, -0.1) is 0 Å². The smallest absolute Gasteiger partial charge is 0.234 e. The lowest BCUT2D eigenvalue weighted by molar-refractivity contribution is -0.125. The van der Waals surface area contributed by atoms with Crippen LogP contribution in [-0.2, 0) is 11.2 Å². The largest absolute Gasteiger partial charge is 0.497 e. The highest BCUT2D eigenvalue weighted by Gasteiger charge is 2.41. The molecule has 1 aromatic heterocycles. The number of imidazole rings is 1. The Balaban J connectivity index is 1.41. The number of aromatic nitrogens is 2. The van der Waals surface area contributed by atoms with Crippen LogP contribution >= 0.6 is 0 Å². The van der Waals surface area contributed by atoms with Gasteiger partial charge in [-0.3, -0.25) is 9.69 Å². The van der Waals surface area contributed by atoms with E-state index in [2.05, 4.69) is 20.2 Å². The normalized spacial score (nSPS) is 24.8. The molecule has 2 bridgehead atoms. The minimum absolute atomic E-state index is 0.106. The second kappa shape index (κ2) is 7.59. The number of benzene rings is 1. The van der Waals surface area contributed by atoms with Crippen molar-refractivity contribution in [3.63, 3.8) is 0 Å². The molecule has 2 aromatic rings. The number of amides is 1. The van der Waals surface area contributed by atoms with E-state index in [0.29, 0.717) is 41.3 Å². The van der Waals surface area contributed by atoms with E-state index in [1.807, 2.05) is 20.8 Å². The highest BCUT2D eigenvalue weighted by Crippen LogP contribution is 2.39. The van der Waals surface area contributed by atoms with Gasteiger partial charge in [0.15, 0.2) is 5.82 Å². The second-order valence-corrected chi connectivity index (χ2v) is 9.59. The van der Waals surface area contributed by atoms with Crippen LogP contribution in [-0.4, -0.2) is 52.1 Å². The van der Waals surface area contributed by atoms with Gasteiger partial charge in [-0.05, 0) is 52.4 Å². The molecule has 6 nitrogen and oxygen atoms in total. The summed E-state index contributed by atoms with van der Waals surface area (Å²) < 4.78 is 19.4. The summed E-state index contributed by atoms with van der Waals surface area (Å²) in [6.45, 7) is 6.52. The standard InChI is InChI=1S/C22H31FN4O2/c1-22(2,3)26-20(28)12-27-14-5-6-15(27)8-13(7-14)9-19-24-18-11-16(29-4)10-17(23)21(18)25-19/h10-11,13-15H,5-9,12H2,1-4H3,(H,24,25)(H,26,28)/t13?,14-,15+. The average Bonchev–Trinajstić information content (AvgIpc) is 3.11. The molecule has 1 unspecified atom stereocenters. The molecule has 3 heterocycles. The molecule has 0 spiro atoms. The van der Waals surface area contributed by atoms with Crippen molar-refractivity contribution in [1.82, 2.24) is 20.2 Å². The lowest BCUT2D eigenvalue weighted by Crippen LogP contribution is -2.51. The average molecular weight is 403 g/mol. The molecule has 2 aliphatic rings. The number of halogens is 1. The van der Waals surface area contributed by atoms with Crippen LogP contribution in [0.1, 0.15) is 52.3 Å². The lowest BCUT2D eigenvalue weighted by atomic mass is 9.88. The Morgan fingerprint density at radius 3 is 2.62 bits per heavy atom. The number of hydrogen-bond acceptors (Lipinski definition) is 4. The molecular weight excluding hydrogens is 371 g/mol. The third kappa shape index (κ3) is 4.39. The van der Waals surface area contributed by atoms with Crippen LogP contribution < -0.4 is 10.1 Å². The fraction of sp³-hybridized carbons (Fsp3) is 0.636. The van der Waals surface area contributed by atoms with Gasteiger partial charge in [-0.1, -0.05) is 0 Å². The summed E-state index contributed by atoms with van der Waals surface area (Å²) in [5.41, 5.74) is 0.851. The van der Waals surface area contributed by atoms with E-state index >= 15 is 0 Å². The van der Waals surface area contributed by atoms with Gasteiger partial charge in [-0.2, -0.15) is 0 Å². The van der Waals surface area contributed by atoms with Gasteiger partial charge in [-0.25, -0.2) is 9.37 Å². The second-order valence-electron chi connectivity index (χ2n) is 9.59. The lowest BCUT2D eigenvalue weighted by Gasteiger charge is -2.38. The minimum atomic E-state index is -0.360. The van der Waals surface area contributed by atoms with Crippen molar-refractivity contribution in [2.24, 2.45) is 5.92 Å². The number of methoxy groups -OCH3 is 1. The van der Waals surface area contributed by atoms with Crippen molar-refractivity contribution < 1.29 is 13.9 Å². The van der Waals surface area contributed by atoms with E-state index in [1.165, 1.54) is 13.2 Å². The molecule has 7 heteroatoms. The maximum absolute atomic E-state index is 14.2. The summed E-state index contributed by atoms with van der Waals surface area (Å²) in [5.74, 6) is 1.57. The zero-order valence-electron chi connectivity index (χ0n) is 17.7. The molecule has 3 atom stereocenters. The maximum atomic E-state index is 14.2. The van der Waals surface area contributed by atoms with Crippen molar-refractivity contribution in [3.8, 4) is 5.75 Å². The van der Waals surface area contributed by atoms with Gasteiger partial charge in [0.05, 0.1) is 19.2 Å². The topological polar surface area (TPSA) is 70.2 Å². The van der Waals surface area contributed by atoms with Crippen molar-refractivity contribution in [3.05, 3.63) is 23.8 Å². The molecular formula is C22H31FN4O2. The predicted molar refractivity (Wildman–Crippen MR) is 110 cm³/mol. The van der Waals surface area contributed by atoms with E-state index < -0.39 is 0 Å². The maximum Gasteiger partial charge on any atom is 0.234 e. The SMILES string of the molecule is COc1cc(F)c2nc(CC3C[C@H]4CC[C@@H](C3)N4CC(=O)NC(C)(C)C)[nH]c2c1. The third-order valence-electron chi connectivity index (χ3n) is 6.10. The predicted octanol–water partition coefficient (Wildman–Crippen LogP) is 3.41. The number of carbonyl (C=O) groups is 1. The van der Waals surface area contributed by atoms with E-state index in [4.69, 9.17) is 4.74 Å². The van der Waals surface area contributed by atoms with Crippen LogP contribution in [0.2, 0.25) is 0 Å². The Labute approximate surface area is 171 Å². The van der Waals surface area contributed by atoms with E-state index in [9.17, 15) is 9.18 Å². The number of carbonyl (C=O) groups excluding carboxylic acids is 1. The summed E-state index contributed by atoms with van der Waals surface area (Å²) in [7, 11) is 1.53. The summed E-state index contributed by atoms with van der Waals surface area (Å²) in [5, 5.41) is 3.07. The van der Waals surface area contributed by atoms with Crippen LogP contribution in [0.25, 0.3) is 11.0 Å².